The van der Waals surface area contributed by atoms with Crippen molar-refractivity contribution in [1.82, 2.24) is 14.6 Å². The van der Waals surface area contributed by atoms with Crippen LogP contribution in [0.15, 0.2) is 24.4 Å². The third-order valence-electron chi connectivity index (χ3n) is 3.21. The molecular formula is C15H17N3S. The van der Waals surface area contributed by atoms with Gasteiger partial charge in [-0.05, 0) is 25.8 Å². The van der Waals surface area contributed by atoms with Crippen molar-refractivity contribution in [2.75, 3.05) is 0 Å². The maximum atomic E-state index is 4.70. The van der Waals surface area contributed by atoms with E-state index in [-0.39, 0.29) is 0 Å². The van der Waals surface area contributed by atoms with Crippen LogP contribution < -0.4 is 0 Å². The fourth-order valence-electron chi connectivity index (χ4n) is 2.29. The van der Waals surface area contributed by atoms with E-state index in [2.05, 4.69) is 44.1 Å². The molecule has 3 rings (SSSR count). The highest BCUT2D eigenvalue weighted by molar-refractivity contribution is 7.16. The molecule has 19 heavy (non-hydrogen) atoms. The first-order valence-corrected chi connectivity index (χ1v) is 7.41. The molecule has 0 aliphatic heterocycles. The van der Waals surface area contributed by atoms with Gasteiger partial charge in [0.15, 0.2) is 0 Å². The Morgan fingerprint density at radius 2 is 2.11 bits per heavy atom. The molecule has 0 unspecified atom stereocenters. The second kappa shape index (κ2) is 4.78. The summed E-state index contributed by atoms with van der Waals surface area (Å²) in [6.07, 6.45) is 4.19. The Morgan fingerprint density at radius 1 is 1.26 bits per heavy atom. The molecule has 0 aliphatic carbocycles. The van der Waals surface area contributed by atoms with Gasteiger partial charge in [0, 0.05) is 12.0 Å². The van der Waals surface area contributed by atoms with Gasteiger partial charge in [0.25, 0.3) is 0 Å². The summed E-state index contributed by atoms with van der Waals surface area (Å²) in [5.74, 6) is 0. The predicted octanol–water partition coefficient (Wildman–Crippen LogP) is 4.03. The summed E-state index contributed by atoms with van der Waals surface area (Å²) < 4.78 is 1.91. The van der Waals surface area contributed by atoms with E-state index in [0.717, 1.165) is 28.5 Å². The van der Waals surface area contributed by atoms with Gasteiger partial charge in [-0.25, -0.2) is 9.50 Å². The van der Waals surface area contributed by atoms with Gasteiger partial charge in [-0.15, -0.1) is 0 Å². The molecule has 3 aromatic rings. The molecule has 0 N–H and O–H groups in total. The Balaban J connectivity index is 2.03. The van der Waals surface area contributed by atoms with Crippen LogP contribution in [-0.4, -0.2) is 14.6 Å². The number of rotatable bonds is 3. The van der Waals surface area contributed by atoms with Crippen molar-refractivity contribution in [3.05, 3.63) is 40.5 Å². The van der Waals surface area contributed by atoms with Crippen molar-refractivity contribution in [1.29, 1.82) is 0 Å². The largest absolute Gasteiger partial charge is 0.217 e. The molecular weight excluding hydrogens is 254 g/mol. The fraction of sp³-hybridized carbons (Fsp3) is 0.333. The van der Waals surface area contributed by atoms with Gasteiger partial charge < -0.3 is 0 Å². The van der Waals surface area contributed by atoms with Crippen LogP contribution in [0.25, 0.3) is 16.2 Å². The minimum absolute atomic E-state index is 0.985. The molecule has 0 fully saturated rings. The molecule has 4 heteroatoms. The van der Waals surface area contributed by atoms with Gasteiger partial charge >= 0.3 is 0 Å². The Kier molecular flexibility index (Phi) is 3.11. The lowest BCUT2D eigenvalue weighted by Crippen LogP contribution is -1.87. The van der Waals surface area contributed by atoms with Crippen molar-refractivity contribution in [2.24, 2.45) is 0 Å². The zero-order chi connectivity index (χ0) is 13.4. The average molecular weight is 271 g/mol. The van der Waals surface area contributed by atoms with E-state index in [9.17, 15) is 0 Å². The first-order chi connectivity index (χ1) is 9.17. The number of hydrogen-bond acceptors (Lipinski definition) is 3. The SMILES string of the molecule is CCCc1nn2cc(-c3ccc(C)cc3C)nc2s1. The zero-order valence-corrected chi connectivity index (χ0v) is 12.3. The fourth-order valence-corrected chi connectivity index (χ4v) is 3.26. The molecule has 2 aromatic heterocycles. The molecule has 0 bridgehead atoms. The summed E-state index contributed by atoms with van der Waals surface area (Å²) in [5, 5.41) is 5.73. The minimum Gasteiger partial charge on any atom is -0.217 e. The van der Waals surface area contributed by atoms with E-state index < -0.39 is 0 Å². The molecule has 1 aromatic carbocycles. The average Bonchev–Trinajstić information content (AvgIpc) is 2.87. The molecule has 0 atom stereocenters. The van der Waals surface area contributed by atoms with Crippen LogP contribution in [0.1, 0.15) is 29.5 Å². The molecule has 0 saturated heterocycles. The van der Waals surface area contributed by atoms with E-state index in [1.165, 1.54) is 16.7 Å². The van der Waals surface area contributed by atoms with E-state index in [1.54, 1.807) is 11.3 Å². The van der Waals surface area contributed by atoms with Crippen LogP contribution in [0.4, 0.5) is 0 Å². The lowest BCUT2D eigenvalue weighted by molar-refractivity contribution is 0.849. The number of hydrogen-bond donors (Lipinski definition) is 0. The molecule has 0 spiro atoms. The van der Waals surface area contributed by atoms with Crippen LogP contribution in [0.3, 0.4) is 0 Å². The summed E-state index contributed by atoms with van der Waals surface area (Å²) >= 11 is 1.69. The zero-order valence-electron chi connectivity index (χ0n) is 11.5. The number of aryl methyl sites for hydroxylation is 3. The van der Waals surface area contributed by atoms with Crippen molar-refractivity contribution < 1.29 is 0 Å². The minimum atomic E-state index is 0.985. The molecule has 3 nitrogen and oxygen atoms in total. The molecule has 0 amide bonds. The van der Waals surface area contributed by atoms with Crippen molar-refractivity contribution >= 4 is 16.3 Å². The Bertz CT molecular complexity index is 693. The van der Waals surface area contributed by atoms with Gasteiger partial charge in [-0.2, -0.15) is 5.10 Å². The summed E-state index contributed by atoms with van der Waals surface area (Å²) in [5.41, 5.74) is 4.75. The third kappa shape index (κ3) is 2.28. The maximum Gasteiger partial charge on any atom is 0.212 e. The Hall–Kier alpha value is -1.68. The lowest BCUT2D eigenvalue weighted by Gasteiger charge is -2.02. The van der Waals surface area contributed by atoms with Crippen molar-refractivity contribution in [3.63, 3.8) is 0 Å². The third-order valence-corrected chi connectivity index (χ3v) is 4.19. The lowest BCUT2D eigenvalue weighted by atomic mass is 10.0. The first kappa shape index (κ1) is 12.4. The number of nitrogens with zero attached hydrogens (tertiary/aromatic N) is 3. The molecule has 0 radical (unpaired) electrons. The number of imidazole rings is 1. The molecule has 0 saturated carbocycles. The maximum absolute atomic E-state index is 4.70. The van der Waals surface area contributed by atoms with Crippen LogP contribution in [0.5, 0.6) is 0 Å². The van der Waals surface area contributed by atoms with Gasteiger partial charge in [-0.1, -0.05) is 42.0 Å². The van der Waals surface area contributed by atoms with Crippen LogP contribution >= 0.6 is 11.3 Å². The van der Waals surface area contributed by atoms with Crippen molar-refractivity contribution in [2.45, 2.75) is 33.6 Å². The van der Waals surface area contributed by atoms with Gasteiger partial charge in [0.05, 0.1) is 11.9 Å². The standard InChI is InChI=1S/C15H17N3S/c1-4-5-14-17-18-9-13(16-15(18)19-14)12-7-6-10(2)8-11(12)3/h6-9H,4-5H2,1-3H3. The summed E-state index contributed by atoms with van der Waals surface area (Å²) in [7, 11) is 0. The van der Waals surface area contributed by atoms with E-state index in [0.29, 0.717) is 0 Å². The highest BCUT2D eigenvalue weighted by Crippen LogP contribution is 2.25. The molecule has 98 valence electrons. The van der Waals surface area contributed by atoms with Gasteiger partial charge in [0.2, 0.25) is 4.96 Å². The molecule has 2 heterocycles. The van der Waals surface area contributed by atoms with Crippen LogP contribution in [0, 0.1) is 13.8 Å². The normalized spacial score (nSPS) is 11.3. The predicted molar refractivity (Wildman–Crippen MR) is 79.8 cm³/mol. The Morgan fingerprint density at radius 3 is 2.79 bits per heavy atom. The van der Waals surface area contributed by atoms with Crippen LogP contribution in [-0.2, 0) is 6.42 Å². The monoisotopic (exact) mass is 271 g/mol. The quantitative estimate of drug-likeness (QED) is 0.720. The number of fused-ring (bicyclic) bond motifs is 1. The van der Waals surface area contributed by atoms with E-state index in [4.69, 9.17) is 4.98 Å². The summed E-state index contributed by atoms with van der Waals surface area (Å²) in [4.78, 5) is 5.68. The van der Waals surface area contributed by atoms with Crippen molar-refractivity contribution in [3.8, 4) is 11.3 Å². The topological polar surface area (TPSA) is 30.2 Å². The van der Waals surface area contributed by atoms with Gasteiger partial charge in [-0.3, -0.25) is 0 Å². The second-order valence-corrected chi connectivity index (χ2v) is 5.96. The highest BCUT2D eigenvalue weighted by Gasteiger charge is 2.10. The molecule has 0 aliphatic rings. The van der Waals surface area contributed by atoms with Crippen LogP contribution in [0.2, 0.25) is 0 Å². The first-order valence-electron chi connectivity index (χ1n) is 6.60. The van der Waals surface area contributed by atoms with E-state index >= 15 is 0 Å². The second-order valence-electron chi connectivity index (χ2n) is 4.92. The Labute approximate surface area is 116 Å². The summed E-state index contributed by atoms with van der Waals surface area (Å²) in [6.45, 7) is 6.41. The van der Waals surface area contributed by atoms with E-state index in [1.807, 2.05) is 10.7 Å². The number of benzene rings is 1. The highest BCUT2D eigenvalue weighted by atomic mass is 32.1. The summed E-state index contributed by atoms with van der Waals surface area (Å²) in [6, 6.07) is 6.47. The van der Waals surface area contributed by atoms with Gasteiger partial charge in [0.1, 0.15) is 5.01 Å². The smallest absolute Gasteiger partial charge is 0.212 e. The number of aromatic nitrogens is 3.